The van der Waals surface area contributed by atoms with Crippen LogP contribution in [0.25, 0.3) is 21.3 Å². The van der Waals surface area contributed by atoms with E-state index in [9.17, 15) is 26.7 Å². The van der Waals surface area contributed by atoms with Crippen LogP contribution in [0.3, 0.4) is 0 Å². The summed E-state index contributed by atoms with van der Waals surface area (Å²) < 4.78 is 70.6. The van der Waals surface area contributed by atoms with Crippen LogP contribution in [0.1, 0.15) is 29.0 Å². The lowest BCUT2D eigenvalue weighted by atomic mass is 9.94. The predicted octanol–water partition coefficient (Wildman–Crippen LogP) is 6.80. The van der Waals surface area contributed by atoms with Crippen molar-refractivity contribution < 1.29 is 26.7 Å². The smallest absolute Gasteiger partial charge is 0.376 e. The summed E-state index contributed by atoms with van der Waals surface area (Å²) in [6, 6.07) is 26.1. The molecule has 5 aromatic rings. The Morgan fingerprint density at radius 2 is 1.56 bits per heavy atom. The van der Waals surface area contributed by atoms with Crippen molar-refractivity contribution in [2.24, 2.45) is 0 Å². The lowest BCUT2D eigenvalue weighted by molar-refractivity contribution is -0.258. The number of alkyl halides is 3. The van der Waals surface area contributed by atoms with Crippen molar-refractivity contribution in [2.45, 2.75) is 29.6 Å². The highest BCUT2D eigenvalue weighted by molar-refractivity contribution is 7.89. The second-order valence-electron chi connectivity index (χ2n) is 9.15. The maximum Gasteiger partial charge on any atom is 0.421 e. The van der Waals surface area contributed by atoms with Crippen LogP contribution in [-0.2, 0) is 15.6 Å². The van der Waals surface area contributed by atoms with Gasteiger partial charge in [0.2, 0.25) is 10.0 Å². The van der Waals surface area contributed by atoms with Crippen LogP contribution in [0.2, 0.25) is 0 Å². The Bertz CT molecular complexity index is 1720. The molecule has 0 spiro atoms. The van der Waals surface area contributed by atoms with Gasteiger partial charge in [0.1, 0.15) is 0 Å². The molecule has 2 N–H and O–H groups in total. The summed E-state index contributed by atoms with van der Waals surface area (Å²) in [5.41, 5.74) is -1.82. The fourth-order valence-corrected chi connectivity index (χ4v) is 6.79. The summed E-state index contributed by atoms with van der Waals surface area (Å²) >= 11 is 1.32. The number of aliphatic hydroxyl groups is 1. The van der Waals surface area contributed by atoms with Crippen molar-refractivity contribution in [1.82, 2.24) is 9.71 Å². The van der Waals surface area contributed by atoms with Crippen LogP contribution in [0.4, 0.5) is 13.2 Å². The van der Waals surface area contributed by atoms with Gasteiger partial charge < -0.3 is 5.11 Å². The first-order chi connectivity index (χ1) is 18.5. The highest BCUT2D eigenvalue weighted by atomic mass is 32.2. The summed E-state index contributed by atoms with van der Waals surface area (Å²) in [6.45, 7) is 0.708. The second kappa shape index (κ2) is 10.2. The highest BCUT2D eigenvalue weighted by Gasteiger charge is 2.51. The van der Waals surface area contributed by atoms with Crippen molar-refractivity contribution in [2.75, 3.05) is 0 Å². The molecular weight excluding hydrogens is 545 g/mol. The monoisotopic (exact) mass is 568 g/mol. The number of rotatable bonds is 7. The molecule has 2 aromatic heterocycles. The first-order valence-corrected chi connectivity index (χ1v) is 14.2. The lowest BCUT2D eigenvalue weighted by Crippen LogP contribution is -2.39. The Kier molecular flexibility index (Phi) is 7.06. The molecule has 0 saturated carbocycles. The third kappa shape index (κ3) is 5.33. The van der Waals surface area contributed by atoms with Crippen LogP contribution < -0.4 is 4.72 Å². The molecule has 10 heteroatoms. The standard InChI is InChI=1S/C29H23F3N2O3S2/c1-28(35,29(30,31)32)21-15-16-33-24(18-21)23-14-8-11-20-17-25(38-27(20)23)26(19-9-4-2-5-10-19)34-39(36,37)22-12-6-3-7-13-22/h2-18,26,34-35H,1H3. The first kappa shape index (κ1) is 27.0. The minimum Gasteiger partial charge on any atom is -0.376 e. The molecule has 0 aliphatic carbocycles. The maximum absolute atomic E-state index is 13.5. The Hall–Kier alpha value is -3.57. The Morgan fingerprint density at radius 3 is 2.23 bits per heavy atom. The summed E-state index contributed by atoms with van der Waals surface area (Å²) in [6.07, 6.45) is -3.63. The molecular formula is C29H23F3N2O3S2. The fraction of sp³-hybridized carbons (Fsp3) is 0.138. The van der Waals surface area contributed by atoms with Crippen molar-refractivity contribution in [1.29, 1.82) is 0 Å². The number of benzene rings is 3. The van der Waals surface area contributed by atoms with Gasteiger partial charge in [0.05, 0.1) is 16.6 Å². The van der Waals surface area contributed by atoms with Crippen LogP contribution in [-0.4, -0.2) is 24.7 Å². The molecule has 200 valence electrons. The quantitative estimate of drug-likeness (QED) is 0.226. The number of sulfonamides is 1. The van der Waals surface area contributed by atoms with E-state index in [0.29, 0.717) is 17.4 Å². The van der Waals surface area contributed by atoms with Gasteiger partial charge >= 0.3 is 6.18 Å². The number of nitrogens with one attached hydrogen (secondary N) is 1. The van der Waals surface area contributed by atoms with Gasteiger partial charge in [-0.05, 0) is 53.8 Å². The van der Waals surface area contributed by atoms with E-state index in [1.807, 2.05) is 42.5 Å². The number of halogens is 3. The Balaban J connectivity index is 1.61. The second-order valence-corrected chi connectivity index (χ2v) is 11.9. The van der Waals surface area contributed by atoms with E-state index in [-0.39, 0.29) is 16.2 Å². The van der Waals surface area contributed by atoms with Crippen LogP contribution >= 0.6 is 11.3 Å². The molecule has 39 heavy (non-hydrogen) atoms. The number of thiophene rings is 1. The Labute approximate surface area is 227 Å². The van der Waals surface area contributed by atoms with E-state index in [4.69, 9.17) is 0 Å². The number of aromatic nitrogens is 1. The molecule has 0 saturated heterocycles. The predicted molar refractivity (Wildman–Crippen MR) is 146 cm³/mol. The molecule has 0 fully saturated rings. The lowest BCUT2D eigenvalue weighted by Gasteiger charge is -2.26. The highest BCUT2D eigenvalue weighted by Crippen LogP contribution is 2.42. The van der Waals surface area contributed by atoms with E-state index in [1.54, 1.807) is 30.3 Å². The van der Waals surface area contributed by atoms with Gasteiger partial charge in [-0.1, -0.05) is 66.7 Å². The summed E-state index contributed by atoms with van der Waals surface area (Å²) in [5.74, 6) is 0. The molecule has 2 atom stereocenters. The van der Waals surface area contributed by atoms with Gasteiger partial charge in [0.15, 0.2) is 5.60 Å². The molecule has 5 nitrogen and oxygen atoms in total. The number of hydrogen-bond donors (Lipinski definition) is 2. The van der Waals surface area contributed by atoms with Crippen molar-refractivity contribution in [3.8, 4) is 11.3 Å². The van der Waals surface area contributed by atoms with Crippen LogP contribution in [0, 0.1) is 0 Å². The average Bonchev–Trinajstić information content (AvgIpc) is 3.36. The molecule has 0 amide bonds. The molecule has 0 aliphatic rings. The number of fused-ring (bicyclic) bond motifs is 1. The molecule has 2 heterocycles. The third-order valence-electron chi connectivity index (χ3n) is 6.46. The van der Waals surface area contributed by atoms with Gasteiger partial charge in [-0.2, -0.15) is 17.9 Å². The largest absolute Gasteiger partial charge is 0.421 e. The minimum absolute atomic E-state index is 0.130. The molecule has 5 rings (SSSR count). The normalized spacial score (nSPS) is 14.7. The zero-order valence-electron chi connectivity index (χ0n) is 20.6. The van der Waals surface area contributed by atoms with Crippen molar-refractivity contribution >= 4 is 31.4 Å². The van der Waals surface area contributed by atoms with Crippen molar-refractivity contribution in [3.63, 3.8) is 0 Å². The van der Waals surface area contributed by atoms with Crippen molar-refractivity contribution in [3.05, 3.63) is 119 Å². The van der Waals surface area contributed by atoms with Gasteiger partial charge in [-0.25, -0.2) is 8.42 Å². The number of pyridine rings is 1. The SMILES string of the molecule is CC(O)(c1ccnc(-c2cccc3cc(C(NS(=O)(=O)c4ccccc4)c4ccccc4)sc23)c1)C(F)(F)F. The van der Waals surface area contributed by atoms with Gasteiger partial charge in [-0.3, -0.25) is 4.98 Å². The van der Waals surface area contributed by atoms with Gasteiger partial charge in [0, 0.05) is 21.3 Å². The number of nitrogens with zero attached hydrogens (tertiary/aromatic N) is 1. The van der Waals surface area contributed by atoms with Crippen LogP contribution in [0.5, 0.6) is 0 Å². The van der Waals surface area contributed by atoms with E-state index in [2.05, 4.69) is 9.71 Å². The Morgan fingerprint density at radius 1 is 0.897 bits per heavy atom. The molecule has 3 aromatic carbocycles. The molecule has 0 aliphatic heterocycles. The fourth-order valence-electron chi connectivity index (χ4n) is 4.23. The zero-order chi connectivity index (χ0) is 27.8. The van der Waals surface area contributed by atoms with Gasteiger partial charge in [0.25, 0.3) is 0 Å². The van der Waals surface area contributed by atoms with E-state index >= 15 is 0 Å². The zero-order valence-corrected chi connectivity index (χ0v) is 22.2. The molecule has 0 radical (unpaired) electrons. The molecule has 2 unspecified atom stereocenters. The maximum atomic E-state index is 13.5. The minimum atomic E-state index is -4.87. The van der Waals surface area contributed by atoms with Gasteiger partial charge in [-0.15, -0.1) is 11.3 Å². The molecule has 0 bridgehead atoms. The summed E-state index contributed by atoms with van der Waals surface area (Å²) in [7, 11) is -3.88. The van der Waals surface area contributed by atoms with Crippen LogP contribution in [0.15, 0.2) is 108 Å². The number of hydrogen-bond acceptors (Lipinski definition) is 5. The summed E-state index contributed by atoms with van der Waals surface area (Å²) in [5, 5.41) is 11.0. The third-order valence-corrected chi connectivity index (χ3v) is 9.14. The topological polar surface area (TPSA) is 79.3 Å². The summed E-state index contributed by atoms with van der Waals surface area (Å²) in [4.78, 5) is 5.11. The first-order valence-electron chi connectivity index (χ1n) is 11.9. The average molecular weight is 569 g/mol. The van der Waals surface area contributed by atoms with E-state index in [0.717, 1.165) is 21.7 Å². The van der Waals surface area contributed by atoms with E-state index in [1.165, 1.54) is 35.7 Å². The van der Waals surface area contributed by atoms with E-state index < -0.39 is 27.8 Å².